The van der Waals surface area contributed by atoms with Gasteiger partial charge in [0.2, 0.25) is 0 Å². The number of rotatable bonds is 3. The predicted molar refractivity (Wildman–Crippen MR) is 61.0 cm³/mol. The van der Waals surface area contributed by atoms with E-state index in [1.807, 2.05) is 13.0 Å². The summed E-state index contributed by atoms with van der Waals surface area (Å²) < 4.78 is 0. The number of hydrogen-bond donors (Lipinski definition) is 2. The second-order valence-corrected chi connectivity index (χ2v) is 4.38. The van der Waals surface area contributed by atoms with E-state index in [-0.39, 0.29) is 12.1 Å². The lowest BCUT2D eigenvalue weighted by atomic mass is 9.77. The van der Waals surface area contributed by atoms with Crippen molar-refractivity contribution in [1.82, 2.24) is 4.98 Å². The highest BCUT2D eigenvalue weighted by Crippen LogP contribution is 2.35. The molecule has 0 amide bonds. The fraction of sp³-hybridized carbons (Fsp3) is 0.500. The number of aliphatic hydroxyl groups excluding tert-OH is 1. The van der Waals surface area contributed by atoms with Gasteiger partial charge in [-0.25, -0.2) is 4.98 Å². The van der Waals surface area contributed by atoms with Gasteiger partial charge < -0.3 is 10.4 Å². The minimum atomic E-state index is -0.258. The molecule has 1 saturated carbocycles. The van der Waals surface area contributed by atoms with Crippen LogP contribution in [-0.2, 0) is 0 Å². The highest BCUT2D eigenvalue weighted by Gasteiger charge is 2.37. The standard InChI is InChI=1S/C12H15N3O/c1-9-3-4-10(7-13)11(14-9)15-12(8-16)5-2-6-12/h3-4,16H,2,5-6,8H2,1H3,(H,14,15). The molecule has 2 N–H and O–H groups in total. The molecule has 16 heavy (non-hydrogen) atoms. The van der Waals surface area contributed by atoms with E-state index in [1.165, 1.54) is 0 Å². The molecular formula is C12H15N3O. The maximum absolute atomic E-state index is 9.36. The molecule has 1 aromatic heterocycles. The van der Waals surface area contributed by atoms with Gasteiger partial charge in [0, 0.05) is 5.69 Å². The van der Waals surface area contributed by atoms with E-state index in [4.69, 9.17) is 5.26 Å². The Kier molecular flexibility index (Phi) is 2.80. The zero-order valence-electron chi connectivity index (χ0n) is 9.32. The lowest BCUT2D eigenvalue weighted by Gasteiger charge is -2.41. The molecule has 0 unspecified atom stereocenters. The Morgan fingerprint density at radius 3 is 2.81 bits per heavy atom. The smallest absolute Gasteiger partial charge is 0.144 e. The number of aliphatic hydroxyl groups is 1. The fourth-order valence-electron chi connectivity index (χ4n) is 1.92. The van der Waals surface area contributed by atoms with Gasteiger partial charge in [-0.3, -0.25) is 0 Å². The van der Waals surface area contributed by atoms with E-state index in [1.54, 1.807) is 6.07 Å². The summed E-state index contributed by atoms with van der Waals surface area (Å²) in [6.45, 7) is 1.98. The fourth-order valence-corrected chi connectivity index (χ4v) is 1.92. The number of nitrogens with one attached hydrogen (secondary N) is 1. The van der Waals surface area contributed by atoms with Crippen LogP contribution in [0.15, 0.2) is 12.1 Å². The molecule has 1 heterocycles. The summed E-state index contributed by atoms with van der Waals surface area (Å²) in [5.74, 6) is 0.594. The third-order valence-corrected chi connectivity index (χ3v) is 3.15. The summed E-state index contributed by atoms with van der Waals surface area (Å²) in [6, 6.07) is 5.68. The van der Waals surface area contributed by atoms with Gasteiger partial charge >= 0.3 is 0 Å². The van der Waals surface area contributed by atoms with Gasteiger partial charge in [0.05, 0.1) is 17.7 Å². The van der Waals surface area contributed by atoms with Crippen LogP contribution in [-0.4, -0.2) is 22.2 Å². The molecule has 0 spiro atoms. The first-order chi connectivity index (χ1) is 7.69. The average Bonchev–Trinajstić information content (AvgIpc) is 2.24. The van der Waals surface area contributed by atoms with Gasteiger partial charge in [-0.2, -0.15) is 5.26 Å². The quantitative estimate of drug-likeness (QED) is 0.806. The Morgan fingerprint density at radius 2 is 2.31 bits per heavy atom. The Bertz CT molecular complexity index is 427. The van der Waals surface area contributed by atoms with E-state index in [0.717, 1.165) is 25.0 Å². The largest absolute Gasteiger partial charge is 0.394 e. The molecule has 0 aromatic carbocycles. The summed E-state index contributed by atoms with van der Waals surface area (Å²) in [6.07, 6.45) is 2.98. The summed E-state index contributed by atoms with van der Waals surface area (Å²) in [5.41, 5.74) is 1.14. The van der Waals surface area contributed by atoms with Crippen LogP contribution in [0.5, 0.6) is 0 Å². The molecule has 0 saturated heterocycles. The number of hydrogen-bond acceptors (Lipinski definition) is 4. The van der Waals surface area contributed by atoms with Crippen LogP contribution >= 0.6 is 0 Å². The highest BCUT2D eigenvalue weighted by atomic mass is 16.3. The van der Waals surface area contributed by atoms with Crippen LogP contribution in [0.1, 0.15) is 30.5 Å². The predicted octanol–water partition coefficient (Wildman–Crippen LogP) is 1.59. The topological polar surface area (TPSA) is 68.9 Å². The number of pyridine rings is 1. The Morgan fingerprint density at radius 1 is 1.56 bits per heavy atom. The van der Waals surface area contributed by atoms with E-state index in [2.05, 4.69) is 16.4 Å². The lowest BCUT2D eigenvalue weighted by Crippen LogP contribution is -2.48. The SMILES string of the molecule is Cc1ccc(C#N)c(NC2(CO)CCC2)n1. The van der Waals surface area contributed by atoms with Gasteiger partial charge in [0.25, 0.3) is 0 Å². The van der Waals surface area contributed by atoms with E-state index in [9.17, 15) is 5.11 Å². The maximum Gasteiger partial charge on any atom is 0.144 e. The molecule has 4 heteroatoms. The minimum absolute atomic E-state index is 0.0908. The van der Waals surface area contributed by atoms with Crippen LogP contribution in [0, 0.1) is 18.3 Å². The minimum Gasteiger partial charge on any atom is -0.394 e. The number of nitrogens with zero attached hydrogens (tertiary/aromatic N) is 2. The molecular weight excluding hydrogens is 202 g/mol. The molecule has 84 valence electrons. The number of nitriles is 1. The normalized spacial score (nSPS) is 17.3. The molecule has 0 aliphatic heterocycles. The third-order valence-electron chi connectivity index (χ3n) is 3.15. The molecule has 1 aliphatic rings. The highest BCUT2D eigenvalue weighted by molar-refractivity contribution is 5.54. The van der Waals surface area contributed by atoms with E-state index >= 15 is 0 Å². The van der Waals surface area contributed by atoms with Gasteiger partial charge in [0.15, 0.2) is 0 Å². The Labute approximate surface area is 94.9 Å². The van der Waals surface area contributed by atoms with Crippen molar-refractivity contribution in [3.05, 3.63) is 23.4 Å². The molecule has 1 aliphatic carbocycles. The van der Waals surface area contributed by atoms with Crippen molar-refractivity contribution in [2.45, 2.75) is 31.7 Å². The summed E-state index contributed by atoms with van der Waals surface area (Å²) >= 11 is 0. The second-order valence-electron chi connectivity index (χ2n) is 4.38. The van der Waals surface area contributed by atoms with Crippen molar-refractivity contribution in [1.29, 1.82) is 5.26 Å². The Hall–Kier alpha value is -1.60. The number of aromatic nitrogens is 1. The van der Waals surface area contributed by atoms with Gasteiger partial charge in [0.1, 0.15) is 11.9 Å². The maximum atomic E-state index is 9.36. The molecule has 2 rings (SSSR count). The molecule has 1 aromatic rings. The van der Waals surface area contributed by atoms with Crippen LogP contribution in [0.2, 0.25) is 0 Å². The first-order valence-corrected chi connectivity index (χ1v) is 5.46. The van der Waals surface area contributed by atoms with Crippen LogP contribution < -0.4 is 5.32 Å². The molecule has 0 bridgehead atoms. The molecule has 1 fully saturated rings. The lowest BCUT2D eigenvalue weighted by molar-refractivity contribution is 0.144. The first-order valence-electron chi connectivity index (χ1n) is 5.46. The van der Waals surface area contributed by atoms with Gasteiger partial charge in [-0.15, -0.1) is 0 Å². The van der Waals surface area contributed by atoms with Crippen molar-refractivity contribution in [2.24, 2.45) is 0 Å². The Balaban J connectivity index is 2.26. The second kappa shape index (κ2) is 4.11. The van der Waals surface area contributed by atoms with Crippen molar-refractivity contribution >= 4 is 5.82 Å². The summed E-state index contributed by atoms with van der Waals surface area (Å²) in [4.78, 5) is 4.31. The number of aryl methyl sites for hydroxylation is 1. The molecule has 0 radical (unpaired) electrons. The molecule has 0 atom stereocenters. The van der Waals surface area contributed by atoms with E-state index < -0.39 is 0 Å². The zero-order valence-corrected chi connectivity index (χ0v) is 9.32. The third kappa shape index (κ3) is 1.86. The van der Waals surface area contributed by atoms with Crippen molar-refractivity contribution in [3.63, 3.8) is 0 Å². The summed E-state index contributed by atoms with van der Waals surface area (Å²) in [7, 11) is 0. The van der Waals surface area contributed by atoms with Crippen molar-refractivity contribution in [3.8, 4) is 6.07 Å². The van der Waals surface area contributed by atoms with Crippen LogP contribution in [0.4, 0.5) is 5.82 Å². The zero-order chi connectivity index (χ0) is 11.6. The van der Waals surface area contributed by atoms with Gasteiger partial charge in [-0.05, 0) is 38.3 Å². The van der Waals surface area contributed by atoms with Crippen LogP contribution in [0.3, 0.4) is 0 Å². The van der Waals surface area contributed by atoms with Crippen molar-refractivity contribution < 1.29 is 5.11 Å². The van der Waals surface area contributed by atoms with Gasteiger partial charge in [-0.1, -0.05) is 0 Å². The van der Waals surface area contributed by atoms with Crippen LogP contribution in [0.25, 0.3) is 0 Å². The van der Waals surface area contributed by atoms with E-state index in [0.29, 0.717) is 11.4 Å². The first kappa shape index (κ1) is 10.9. The summed E-state index contributed by atoms with van der Waals surface area (Å²) in [5, 5.41) is 21.6. The van der Waals surface area contributed by atoms with Crippen molar-refractivity contribution in [2.75, 3.05) is 11.9 Å². The average molecular weight is 217 g/mol. The number of anilines is 1. The monoisotopic (exact) mass is 217 g/mol. The molecule has 4 nitrogen and oxygen atoms in total.